The highest BCUT2D eigenvalue weighted by Gasteiger charge is 2.30. The van der Waals surface area contributed by atoms with Crippen molar-refractivity contribution in [2.24, 2.45) is 10.2 Å². The molecule has 0 saturated heterocycles. The van der Waals surface area contributed by atoms with Crippen molar-refractivity contribution >= 4 is 83.8 Å². The van der Waals surface area contributed by atoms with Crippen LogP contribution in [-0.4, -0.2) is 66.4 Å². The zero-order valence-corrected chi connectivity index (χ0v) is 35.2. The second-order valence-corrected chi connectivity index (χ2v) is 17.8. The average Bonchev–Trinajstić information content (AvgIpc) is 3.54. The van der Waals surface area contributed by atoms with E-state index >= 15 is 0 Å². The summed E-state index contributed by atoms with van der Waals surface area (Å²) in [7, 11) is -8.74. The number of hydrogen-bond acceptors (Lipinski definition) is 11. The molecule has 4 N–H and O–H groups in total. The predicted octanol–water partition coefficient (Wildman–Crippen LogP) is 8.62. The van der Waals surface area contributed by atoms with Gasteiger partial charge in [0.05, 0.1) is 32.1 Å². The molecular formula is C39H38Cl2N8O8S2. The van der Waals surface area contributed by atoms with Crippen molar-refractivity contribution in [3.63, 3.8) is 0 Å². The van der Waals surface area contributed by atoms with Crippen molar-refractivity contribution in [2.45, 2.75) is 44.4 Å². The van der Waals surface area contributed by atoms with Gasteiger partial charge in [-0.3, -0.25) is 18.7 Å². The molecule has 0 aliphatic heterocycles. The van der Waals surface area contributed by atoms with Gasteiger partial charge in [-0.05, 0) is 74.0 Å². The molecule has 0 saturated carbocycles. The van der Waals surface area contributed by atoms with Crippen LogP contribution in [0.5, 0.6) is 0 Å². The second kappa shape index (κ2) is 18.1. The smallest absolute Gasteiger partial charge is 0.294 e. The number of anilines is 3. The van der Waals surface area contributed by atoms with E-state index in [0.29, 0.717) is 23.5 Å². The molecule has 2 amide bonds. The van der Waals surface area contributed by atoms with Crippen molar-refractivity contribution < 1.29 is 35.5 Å². The van der Waals surface area contributed by atoms with Gasteiger partial charge in [-0.1, -0.05) is 68.2 Å². The van der Waals surface area contributed by atoms with Crippen LogP contribution in [0.4, 0.5) is 28.6 Å². The van der Waals surface area contributed by atoms with E-state index < -0.39 is 48.1 Å². The molecule has 308 valence electrons. The van der Waals surface area contributed by atoms with Gasteiger partial charge in [0.2, 0.25) is 0 Å². The lowest BCUT2D eigenvalue weighted by Crippen LogP contribution is -2.25. The number of benzene rings is 4. The van der Waals surface area contributed by atoms with E-state index in [1.807, 2.05) is 32.6 Å². The van der Waals surface area contributed by atoms with E-state index in [1.165, 1.54) is 28.9 Å². The van der Waals surface area contributed by atoms with Gasteiger partial charge in [-0.15, -0.1) is 10.2 Å². The molecule has 4 aromatic carbocycles. The molecule has 0 aliphatic carbocycles. The number of nitriles is 1. The summed E-state index contributed by atoms with van der Waals surface area (Å²) in [5.74, 6) is -1.68. The molecule has 0 atom stereocenters. The quantitative estimate of drug-likeness (QED) is 0.0608. The third kappa shape index (κ3) is 11.1. The Hall–Kier alpha value is -5.68. The Bertz CT molecular complexity index is 2690. The average molecular weight is 882 g/mol. The maximum absolute atomic E-state index is 13.4. The van der Waals surface area contributed by atoms with Crippen molar-refractivity contribution in [1.82, 2.24) is 9.78 Å². The Morgan fingerprint density at radius 2 is 1.53 bits per heavy atom. The number of azo groups is 1. The minimum Gasteiger partial charge on any atom is -0.372 e. The molecule has 0 aliphatic rings. The molecule has 0 bridgehead atoms. The van der Waals surface area contributed by atoms with Gasteiger partial charge in [0.1, 0.15) is 23.0 Å². The Labute approximate surface area is 351 Å². The van der Waals surface area contributed by atoms with Crippen LogP contribution in [0.1, 0.15) is 66.1 Å². The molecule has 5 rings (SSSR count). The fourth-order valence-corrected chi connectivity index (χ4v) is 7.49. The number of hydrogen-bond donors (Lipinski definition) is 4. The molecule has 0 spiro atoms. The van der Waals surface area contributed by atoms with Crippen LogP contribution >= 0.6 is 23.2 Å². The van der Waals surface area contributed by atoms with Crippen LogP contribution < -0.4 is 15.5 Å². The van der Waals surface area contributed by atoms with Crippen LogP contribution in [0.25, 0.3) is 5.69 Å². The van der Waals surface area contributed by atoms with Crippen molar-refractivity contribution in [2.75, 3.05) is 34.4 Å². The first-order valence-electron chi connectivity index (χ1n) is 17.7. The maximum Gasteiger partial charge on any atom is 0.294 e. The minimum absolute atomic E-state index is 0.0304. The molecule has 0 radical (unpaired) electrons. The van der Waals surface area contributed by atoms with Crippen molar-refractivity contribution in [3.8, 4) is 11.8 Å². The summed E-state index contributed by atoms with van der Waals surface area (Å²) in [5.41, 5.74) is 1.18. The molecular weight excluding hydrogens is 844 g/mol. The lowest BCUT2D eigenvalue weighted by molar-refractivity contribution is 0.101. The number of carbonyl (C=O) groups excluding carboxylic acids is 2. The summed E-state index contributed by atoms with van der Waals surface area (Å²) in [5, 5.41) is 29.5. The zero-order valence-electron chi connectivity index (χ0n) is 32.0. The molecule has 16 nitrogen and oxygen atoms in total. The third-order valence-electron chi connectivity index (χ3n) is 8.66. The maximum atomic E-state index is 13.4. The number of nitrogens with one attached hydrogen (secondary N) is 2. The van der Waals surface area contributed by atoms with Crippen molar-refractivity contribution in [3.05, 3.63) is 117 Å². The van der Waals surface area contributed by atoms with Gasteiger partial charge in [-0.2, -0.15) is 27.2 Å². The number of halogens is 2. The summed E-state index contributed by atoms with van der Waals surface area (Å²) in [4.78, 5) is 27.8. The highest BCUT2D eigenvalue weighted by atomic mass is 35.5. The summed E-state index contributed by atoms with van der Waals surface area (Å²) in [6.45, 7) is 8.12. The van der Waals surface area contributed by atoms with Crippen LogP contribution in [0, 0.1) is 11.3 Å². The van der Waals surface area contributed by atoms with Gasteiger partial charge >= 0.3 is 0 Å². The topological polar surface area (TPSA) is 237 Å². The Balaban J connectivity index is 1.58. The summed E-state index contributed by atoms with van der Waals surface area (Å²) < 4.78 is 65.9. The number of amides is 2. The van der Waals surface area contributed by atoms with E-state index in [9.17, 15) is 40.8 Å². The Morgan fingerprint density at radius 3 is 2.12 bits per heavy atom. The van der Waals surface area contributed by atoms with E-state index in [-0.39, 0.29) is 62.7 Å². The van der Waals surface area contributed by atoms with Gasteiger partial charge in [0, 0.05) is 41.0 Å². The first-order chi connectivity index (χ1) is 27.7. The number of carbonyl (C=O) groups is 2. The highest BCUT2D eigenvalue weighted by molar-refractivity contribution is 7.86. The normalized spacial score (nSPS) is 12.0. The SMILES string of the molecule is CCN(CCCS(=O)(=O)O)c1ccc(N=Nc2c(C#N)c(C(C)(C)C)nn2-c2c(Cl)cc(NC(=O)c3cccc(S(=O)(=O)O)c3)cc2Cl)c(NC(=O)c2ccccc2)c1. The highest BCUT2D eigenvalue weighted by Crippen LogP contribution is 2.40. The summed E-state index contributed by atoms with van der Waals surface area (Å²) >= 11 is 13.6. The number of aromatic nitrogens is 2. The molecule has 5 aromatic rings. The summed E-state index contributed by atoms with van der Waals surface area (Å²) in [6, 6.07) is 23.0. The second-order valence-electron chi connectivity index (χ2n) is 14.0. The molecule has 1 aromatic heterocycles. The van der Waals surface area contributed by atoms with E-state index in [4.69, 9.17) is 28.3 Å². The fourth-order valence-electron chi connectivity index (χ4n) is 5.83. The third-order valence-corrected chi connectivity index (χ3v) is 10.9. The molecule has 20 heteroatoms. The van der Waals surface area contributed by atoms with Gasteiger partial charge in [-0.25, -0.2) is 4.68 Å². The van der Waals surface area contributed by atoms with Gasteiger partial charge in [0.15, 0.2) is 5.82 Å². The van der Waals surface area contributed by atoms with Crippen LogP contribution in [0.15, 0.2) is 100 Å². The monoisotopic (exact) mass is 880 g/mol. The van der Waals surface area contributed by atoms with Crippen LogP contribution in [0.2, 0.25) is 10.0 Å². The van der Waals surface area contributed by atoms with Gasteiger partial charge < -0.3 is 15.5 Å². The summed E-state index contributed by atoms with van der Waals surface area (Å²) in [6.07, 6.45) is 0.139. The van der Waals surface area contributed by atoms with Crippen LogP contribution in [0.3, 0.4) is 0 Å². The molecule has 0 unspecified atom stereocenters. The zero-order chi connectivity index (χ0) is 43.3. The molecule has 59 heavy (non-hydrogen) atoms. The Kier molecular flexibility index (Phi) is 13.6. The standard InChI is InChI=1S/C39H38Cl2N8O8S2/c1-5-48(17-10-18-58(52,53)54)27-15-16-32(33(22-27)44-37(50)24-11-7-6-8-12-24)45-46-36-29(23-42)35(39(2,3)4)47-49(36)34-30(40)20-26(21-31(34)41)43-38(51)25-13-9-14-28(19-25)59(55,56)57/h6-9,11-16,19-22H,5,10,17-18H2,1-4H3,(H,43,51)(H,44,50)(H,52,53,54)(H,55,56,57). The lowest BCUT2D eigenvalue weighted by Gasteiger charge is -2.24. The minimum atomic E-state index is -4.57. The van der Waals surface area contributed by atoms with Gasteiger partial charge in [0.25, 0.3) is 32.1 Å². The number of nitrogens with zero attached hydrogens (tertiary/aromatic N) is 6. The molecule has 0 fully saturated rings. The largest absolute Gasteiger partial charge is 0.372 e. The first kappa shape index (κ1) is 44.4. The van der Waals surface area contributed by atoms with E-state index in [0.717, 1.165) is 12.1 Å². The van der Waals surface area contributed by atoms with E-state index in [1.54, 1.807) is 48.5 Å². The van der Waals surface area contributed by atoms with Crippen LogP contribution in [-0.2, 0) is 25.7 Å². The van der Waals surface area contributed by atoms with E-state index in [2.05, 4.69) is 26.9 Å². The Morgan fingerprint density at radius 1 is 0.881 bits per heavy atom. The predicted molar refractivity (Wildman–Crippen MR) is 225 cm³/mol. The lowest BCUT2D eigenvalue weighted by atomic mass is 9.90. The number of rotatable bonds is 14. The first-order valence-corrected chi connectivity index (χ1v) is 21.5. The fraction of sp³-hybridized carbons (Fsp3) is 0.231. The van der Waals surface area contributed by atoms with Crippen molar-refractivity contribution in [1.29, 1.82) is 5.26 Å². The molecule has 1 heterocycles.